The molecule has 1 amide bonds. The molecule has 0 aliphatic heterocycles. The van der Waals surface area contributed by atoms with Crippen LogP contribution in [0.5, 0.6) is 0 Å². The zero-order chi connectivity index (χ0) is 13.9. The Balaban J connectivity index is 2.18. The molecular formula is C15H17ClN2O. The second-order valence-electron chi connectivity index (χ2n) is 5.17. The molecule has 1 N–H and O–H groups in total. The van der Waals surface area contributed by atoms with E-state index in [1.54, 1.807) is 18.2 Å². The summed E-state index contributed by atoms with van der Waals surface area (Å²) in [6.45, 7) is 1.85. The second kappa shape index (κ2) is 5.63. The lowest BCUT2D eigenvalue weighted by Crippen LogP contribution is -2.48. The van der Waals surface area contributed by atoms with Crippen LogP contribution in [0.2, 0.25) is 5.02 Å². The van der Waals surface area contributed by atoms with Gasteiger partial charge in [0.15, 0.2) is 0 Å². The number of aryl methyl sites for hydroxylation is 1. The first-order valence-corrected chi connectivity index (χ1v) is 6.94. The highest BCUT2D eigenvalue weighted by atomic mass is 35.5. The van der Waals surface area contributed by atoms with Gasteiger partial charge in [-0.3, -0.25) is 4.79 Å². The number of amides is 1. The molecule has 1 aromatic rings. The normalized spacial score (nSPS) is 17.5. The van der Waals surface area contributed by atoms with Crippen LogP contribution in [0.4, 0.5) is 0 Å². The Labute approximate surface area is 118 Å². The Morgan fingerprint density at radius 2 is 2.05 bits per heavy atom. The van der Waals surface area contributed by atoms with Crippen molar-refractivity contribution in [3.05, 3.63) is 34.3 Å². The smallest absolute Gasteiger partial charge is 0.252 e. The Kier molecular flexibility index (Phi) is 4.11. The summed E-state index contributed by atoms with van der Waals surface area (Å²) in [5.74, 6) is -0.183. The first-order chi connectivity index (χ1) is 9.06. The minimum Gasteiger partial charge on any atom is -0.334 e. The predicted octanol–water partition coefficient (Wildman–Crippen LogP) is 3.60. The van der Waals surface area contributed by atoms with E-state index in [-0.39, 0.29) is 5.91 Å². The largest absolute Gasteiger partial charge is 0.334 e. The number of rotatable bonds is 2. The number of carbonyl (C=O) groups excluding carboxylic acids is 1. The maximum Gasteiger partial charge on any atom is 0.252 e. The summed E-state index contributed by atoms with van der Waals surface area (Å²) in [5, 5.41) is 12.9. The summed E-state index contributed by atoms with van der Waals surface area (Å²) in [4.78, 5) is 12.3. The summed E-state index contributed by atoms with van der Waals surface area (Å²) in [6.07, 6.45) is 4.60. The van der Waals surface area contributed by atoms with Crippen LogP contribution in [-0.4, -0.2) is 11.4 Å². The van der Waals surface area contributed by atoms with Gasteiger partial charge < -0.3 is 5.32 Å². The van der Waals surface area contributed by atoms with Gasteiger partial charge in [-0.2, -0.15) is 5.26 Å². The van der Waals surface area contributed by atoms with E-state index >= 15 is 0 Å². The summed E-state index contributed by atoms with van der Waals surface area (Å²) in [6, 6.07) is 7.46. The van der Waals surface area contributed by atoms with Gasteiger partial charge in [0, 0.05) is 10.6 Å². The molecule has 100 valence electrons. The van der Waals surface area contributed by atoms with Gasteiger partial charge in [-0.1, -0.05) is 30.9 Å². The molecule has 1 aliphatic carbocycles. The summed E-state index contributed by atoms with van der Waals surface area (Å²) >= 11 is 5.88. The fourth-order valence-corrected chi connectivity index (χ4v) is 2.81. The van der Waals surface area contributed by atoms with Crippen molar-refractivity contribution < 1.29 is 4.79 Å². The van der Waals surface area contributed by atoms with E-state index in [1.807, 2.05) is 6.92 Å². The van der Waals surface area contributed by atoms with Gasteiger partial charge in [0.1, 0.15) is 5.54 Å². The topological polar surface area (TPSA) is 52.9 Å². The summed E-state index contributed by atoms with van der Waals surface area (Å²) < 4.78 is 0. The standard InChI is InChI=1S/C15H17ClN2O/c1-11-9-12(16)5-6-13(11)14(19)18-15(10-17)7-3-2-4-8-15/h5-6,9H,2-4,7-8H2,1H3,(H,18,19). The van der Waals surface area contributed by atoms with Crippen LogP contribution in [0, 0.1) is 18.3 Å². The first kappa shape index (κ1) is 13.9. The zero-order valence-electron chi connectivity index (χ0n) is 11.0. The Morgan fingerprint density at radius 3 is 2.63 bits per heavy atom. The van der Waals surface area contributed by atoms with Gasteiger partial charge in [-0.15, -0.1) is 0 Å². The fourth-order valence-electron chi connectivity index (χ4n) is 2.59. The van der Waals surface area contributed by atoms with Crippen molar-refractivity contribution in [3.8, 4) is 6.07 Å². The summed E-state index contributed by atoms with van der Waals surface area (Å²) in [5.41, 5.74) is 0.722. The zero-order valence-corrected chi connectivity index (χ0v) is 11.8. The van der Waals surface area contributed by atoms with Crippen LogP contribution < -0.4 is 5.32 Å². The molecule has 2 rings (SSSR count). The quantitative estimate of drug-likeness (QED) is 0.897. The van der Waals surface area contributed by atoms with E-state index in [9.17, 15) is 10.1 Å². The van der Waals surface area contributed by atoms with Crippen molar-refractivity contribution in [2.45, 2.75) is 44.6 Å². The lowest BCUT2D eigenvalue weighted by molar-refractivity contribution is 0.0902. The minimum atomic E-state index is -0.693. The molecule has 3 nitrogen and oxygen atoms in total. The van der Waals surface area contributed by atoms with Crippen LogP contribution in [-0.2, 0) is 0 Å². The molecule has 0 radical (unpaired) electrons. The maximum atomic E-state index is 12.3. The van der Waals surface area contributed by atoms with Gasteiger partial charge in [-0.05, 0) is 43.5 Å². The van der Waals surface area contributed by atoms with Crippen molar-refractivity contribution in [3.63, 3.8) is 0 Å². The Bertz CT molecular complexity index is 527. The number of nitrogens with zero attached hydrogens (tertiary/aromatic N) is 1. The average molecular weight is 277 g/mol. The highest BCUT2D eigenvalue weighted by molar-refractivity contribution is 6.30. The van der Waals surface area contributed by atoms with E-state index in [4.69, 9.17) is 11.6 Å². The van der Waals surface area contributed by atoms with Crippen molar-refractivity contribution >= 4 is 17.5 Å². The molecule has 1 aliphatic rings. The molecule has 0 saturated heterocycles. The van der Waals surface area contributed by atoms with E-state index in [2.05, 4.69) is 11.4 Å². The summed E-state index contributed by atoms with van der Waals surface area (Å²) in [7, 11) is 0. The third-order valence-corrected chi connectivity index (χ3v) is 3.94. The third-order valence-electron chi connectivity index (χ3n) is 3.71. The molecule has 1 fully saturated rings. The highest BCUT2D eigenvalue weighted by Crippen LogP contribution is 2.28. The van der Waals surface area contributed by atoms with E-state index in [0.29, 0.717) is 10.6 Å². The van der Waals surface area contributed by atoms with Crippen LogP contribution >= 0.6 is 11.6 Å². The van der Waals surface area contributed by atoms with Crippen molar-refractivity contribution in [2.24, 2.45) is 0 Å². The first-order valence-electron chi connectivity index (χ1n) is 6.56. The second-order valence-corrected chi connectivity index (χ2v) is 5.60. The molecule has 1 aromatic carbocycles. The molecule has 1 saturated carbocycles. The van der Waals surface area contributed by atoms with Crippen molar-refractivity contribution in [1.82, 2.24) is 5.32 Å². The maximum absolute atomic E-state index is 12.3. The molecule has 4 heteroatoms. The molecular weight excluding hydrogens is 260 g/mol. The Morgan fingerprint density at radius 1 is 1.37 bits per heavy atom. The lowest BCUT2D eigenvalue weighted by Gasteiger charge is -2.31. The van der Waals surface area contributed by atoms with E-state index < -0.39 is 5.54 Å². The monoisotopic (exact) mass is 276 g/mol. The number of nitrogens with one attached hydrogen (secondary N) is 1. The minimum absolute atomic E-state index is 0.183. The van der Waals surface area contributed by atoms with Crippen molar-refractivity contribution in [1.29, 1.82) is 5.26 Å². The van der Waals surface area contributed by atoms with Gasteiger partial charge in [0.2, 0.25) is 0 Å². The number of halogens is 1. The number of nitriles is 1. The lowest BCUT2D eigenvalue weighted by atomic mass is 9.82. The molecule has 19 heavy (non-hydrogen) atoms. The van der Waals surface area contributed by atoms with Crippen LogP contribution in [0.1, 0.15) is 48.0 Å². The molecule has 0 spiro atoms. The van der Waals surface area contributed by atoms with Crippen LogP contribution in [0.25, 0.3) is 0 Å². The third kappa shape index (κ3) is 3.08. The van der Waals surface area contributed by atoms with Crippen molar-refractivity contribution in [2.75, 3.05) is 0 Å². The number of carbonyl (C=O) groups is 1. The molecule has 0 unspecified atom stereocenters. The van der Waals surface area contributed by atoms with E-state index in [1.165, 1.54) is 0 Å². The highest BCUT2D eigenvalue weighted by Gasteiger charge is 2.34. The molecule has 0 heterocycles. The fraction of sp³-hybridized carbons (Fsp3) is 0.467. The molecule has 0 atom stereocenters. The predicted molar refractivity (Wildman–Crippen MR) is 75.1 cm³/mol. The number of benzene rings is 1. The number of hydrogen-bond donors (Lipinski definition) is 1. The van der Waals surface area contributed by atoms with Gasteiger partial charge in [0.05, 0.1) is 6.07 Å². The number of hydrogen-bond acceptors (Lipinski definition) is 2. The van der Waals surface area contributed by atoms with Crippen LogP contribution in [0.15, 0.2) is 18.2 Å². The van der Waals surface area contributed by atoms with E-state index in [0.717, 1.165) is 37.7 Å². The average Bonchev–Trinajstić information content (AvgIpc) is 2.39. The molecule has 0 aromatic heterocycles. The van der Waals surface area contributed by atoms with Gasteiger partial charge >= 0.3 is 0 Å². The Hall–Kier alpha value is -1.53. The van der Waals surface area contributed by atoms with Gasteiger partial charge in [0.25, 0.3) is 5.91 Å². The van der Waals surface area contributed by atoms with Gasteiger partial charge in [-0.25, -0.2) is 0 Å². The van der Waals surface area contributed by atoms with Crippen LogP contribution in [0.3, 0.4) is 0 Å². The SMILES string of the molecule is Cc1cc(Cl)ccc1C(=O)NC1(C#N)CCCCC1. The molecule has 0 bridgehead atoms.